The molecule has 0 amide bonds. The van der Waals surface area contributed by atoms with Crippen molar-refractivity contribution in [2.45, 2.75) is 32.1 Å². The van der Waals surface area contributed by atoms with E-state index in [-0.39, 0.29) is 11.0 Å². The van der Waals surface area contributed by atoms with Crippen molar-refractivity contribution in [3.8, 4) is 0 Å². The molecule has 0 aromatic carbocycles. The van der Waals surface area contributed by atoms with Crippen LogP contribution in [0.15, 0.2) is 10.9 Å². The highest BCUT2D eigenvalue weighted by atomic mass is 16.1. The molecule has 0 radical (unpaired) electrons. The van der Waals surface area contributed by atoms with Crippen molar-refractivity contribution in [3.63, 3.8) is 0 Å². The Morgan fingerprint density at radius 3 is 2.67 bits per heavy atom. The first-order chi connectivity index (χ1) is 7.10. The molecule has 4 heteroatoms. The summed E-state index contributed by atoms with van der Waals surface area (Å²) >= 11 is 0. The Bertz CT molecular complexity index is 405. The predicted molar refractivity (Wildman–Crippen MR) is 59.1 cm³/mol. The van der Waals surface area contributed by atoms with Crippen LogP contribution >= 0.6 is 0 Å². The Morgan fingerprint density at radius 1 is 1.40 bits per heavy atom. The molecule has 1 aromatic heterocycles. The Hall–Kier alpha value is -1.16. The first-order valence-corrected chi connectivity index (χ1v) is 5.39. The van der Waals surface area contributed by atoms with Gasteiger partial charge in [0.15, 0.2) is 0 Å². The highest BCUT2D eigenvalue weighted by Gasteiger charge is 2.30. The minimum absolute atomic E-state index is 0.0442. The van der Waals surface area contributed by atoms with E-state index in [2.05, 4.69) is 22.2 Å². The zero-order chi connectivity index (χ0) is 10.9. The molecular weight excluding hydrogens is 190 g/mol. The van der Waals surface area contributed by atoms with Crippen LogP contribution in [-0.4, -0.2) is 23.1 Å². The number of H-pyrrole nitrogens is 1. The zero-order valence-corrected chi connectivity index (χ0v) is 9.26. The molecule has 0 unspecified atom stereocenters. The van der Waals surface area contributed by atoms with Gasteiger partial charge >= 0.3 is 0 Å². The predicted octanol–water partition coefficient (Wildman–Crippen LogP) is 0.719. The summed E-state index contributed by atoms with van der Waals surface area (Å²) in [7, 11) is 0. The molecule has 2 rings (SSSR count). The van der Waals surface area contributed by atoms with E-state index in [4.69, 9.17) is 0 Å². The van der Waals surface area contributed by atoms with Crippen LogP contribution in [0.2, 0.25) is 0 Å². The monoisotopic (exact) mass is 207 g/mol. The second-order valence-corrected chi connectivity index (χ2v) is 4.53. The second-order valence-electron chi connectivity index (χ2n) is 4.53. The van der Waals surface area contributed by atoms with Gasteiger partial charge in [-0.2, -0.15) is 0 Å². The molecule has 1 saturated heterocycles. The summed E-state index contributed by atoms with van der Waals surface area (Å²) in [5.41, 5.74) is 0.951. The van der Waals surface area contributed by atoms with Crippen molar-refractivity contribution in [3.05, 3.63) is 27.9 Å². The minimum Gasteiger partial charge on any atom is -0.317 e. The van der Waals surface area contributed by atoms with Crippen molar-refractivity contribution in [2.75, 3.05) is 13.1 Å². The van der Waals surface area contributed by atoms with Gasteiger partial charge in [0.05, 0.1) is 5.69 Å². The largest absolute Gasteiger partial charge is 0.317 e. The number of nitrogens with one attached hydrogen (secondary N) is 2. The molecule has 4 nitrogen and oxygen atoms in total. The van der Waals surface area contributed by atoms with Gasteiger partial charge < -0.3 is 10.3 Å². The number of aromatic nitrogens is 2. The molecule has 1 fully saturated rings. The standard InChI is InChI=1S/C11H17N3O/c1-8-13-9(7-10(15)14-8)11(2)3-5-12-6-4-11/h7,12H,3-6H2,1-2H3,(H,13,14,15). The first kappa shape index (κ1) is 10.4. The molecule has 2 heterocycles. The number of aromatic amines is 1. The van der Waals surface area contributed by atoms with E-state index in [9.17, 15) is 4.79 Å². The Kier molecular flexibility index (Phi) is 2.61. The first-order valence-electron chi connectivity index (χ1n) is 5.39. The number of hydrogen-bond donors (Lipinski definition) is 2. The highest BCUT2D eigenvalue weighted by Crippen LogP contribution is 2.30. The van der Waals surface area contributed by atoms with Gasteiger partial charge in [0.1, 0.15) is 5.82 Å². The van der Waals surface area contributed by atoms with Gasteiger partial charge in [-0.1, -0.05) is 6.92 Å². The average Bonchev–Trinajstić information content (AvgIpc) is 2.17. The quantitative estimate of drug-likeness (QED) is 0.713. The number of rotatable bonds is 1. The van der Waals surface area contributed by atoms with E-state index < -0.39 is 0 Å². The van der Waals surface area contributed by atoms with E-state index >= 15 is 0 Å². The fraction of sp³-hybridized carbons (Fsp3) is 0.636. The normalized spacial score (nSPS) is 20.1. The van der Waals surface area contributed by atoms with Crippen molar-refractivity contribution >= 4 is 0 Å². The smallest absolute Gasteiger partial charge is 0.251 e. The van der Waals surface area contributed by atoms with Crippen LogP contribution in [0.1, 0.15) is 31.3 Å². The van der Waals surface area contributed by atoms with Gasteiger partial charge in [-0.15, -0.1) is 0 Å². The number of piperidine rings is 1. The summed E-state index contributed by atoms with van der Waals surface area (Å²) in [6.45, 7) is 6.03. The molecule has 0 spiro atoms. The average molecular weight is 207 g/mol. The molecule has 2 N–H and O–H groups in total. The van der Waals surface area contributed by atoms with Gasteiger partial charge in [-0.05, 0) is 32.9 Å². The molecular formula is C11H17N3O. The van der Waals surface area contributed by atoms with E-state index in [1.165, 1.54) is 0 Å². The Labute approximate surface area is 89.1 Å². The van der Waals surface area contributed by atoms with Gasteiger partial charge in [-0.3, -0.25) is 4.79 Å². The lowest BCUT2D eigenvalue weighted by Crippen LogP contribution is -2.39. The maximum Gasteiger partial charge on any atom is 0.251 e. The topological polar surface area (TPSA) is 57.8 Å². The van der Waals surface area contributed by atoms with E-state index in [1.54, 1.807) is 6.07 Å². The summed E-state index contributed by atoms with van der Waals surface area (Å²) in [4.78, 5) is 18.5. The van der Waals surface area contributed by atoms with Gasteiger partial charge in [-0.25, -0.2) is 4.98 Å². The van der Waals surface area contributed by atoms with Crippen molar-refractivity contribution in [1.82, 2.24) is 15.3 Å². The lowest BCUT2D eigenvalue weighted by Gasteiger charge is -2.33. The van der Waals surface area contributed by atoms with Crippen LogP contribution in [0.5, 0.6) is 0 Å². The maximum atomic E-state index is 11.4. The van der Waals surface area contributed by atoms with Crippen LogP contribution in [0.3, 0.4) is 0 Å². The minimum atomic E-state index is -0.0442. The van der Waals surface area contributed by atoms with Crippen LogP contribution in [0.25, 0.3) is 0 Å². The molecule has 1 aliphatic rings. The molecule has 1 aromatic rings. The zero-order valence-electron chi connectivity index (χ0n) is 9.26. The van der Waals surface area contributed by atoms with Crippen molar-refractivity contribution in [1.29, 1.82) is 0 Å². The van der Waals surface area contributed by atoms with E-state index in [0.29, 0.717) is 5.82 Å². The summed E-state index contributed by atoms with van der Waals surface area (Å²) in [5.74, 6) is 0.706. The third kappa shape index (κ3) is 2.09. The second kappa shape index (κ2) is 3.77. The molecule has 15 heavy (non-hydrogen) atoms. The molecule has 0 atom stereocenters. The molecule has 1 aliphatic heterocycles. The summed E-state index contributed by atoms with van der Waals surface area (Å²) in [6.07, 6.45) is 2.09. The summed E-state index contributed by atoms with van der Waals surface area (Å²) in [5, 5.41) is 3.33. The SMILES string of the molecule is Cc1nc(C2(C)CCNCC2)cc(=O)[nH]1. The lowest BCUT2D eigenvalue weighted by atomic mass is 9.78. The highest BCUT2D eigenvalue weighted by molar-refractivity contribution is 5.16. The number of nitrogens with zero attached hydrogens (tertiary/aromatic N) is 1. The summed E-state index contributed by atoms with van der Waals surface area (Å²) in [6, 6.07) is 1.64. The van der Waals surface area contributed by atoms with E-state index in [0.717, 1.165) is 31.6 Å². The number of aryl methyl sites for hydroxylation is 1. The van der Waals surface area contributed by atoms with Crippen LogP contribution in [0, 0.1) is 6.92 Å². The fourth-order valence-electron chi connectivity index (χ4n) is 2.12. The molecule has 0 aliphatic carbocycles. The lowest BCUT2D eigenvalue weighted by molar-refractivity contribution is 0.326. The van der Waals surface area contributed by atoms with Crippen LogP contribution < -0.4 is 10.9 Å². The van der Waals surface area contributed by atoms with Gasteiger partial charge in [0, 0.05) is 11.5 Å². The van der Waals surface area contributed by atoms with E-state index in [1.807, 2.05) is 6.92 Å². The molecule has 0 bridgehead atoms. The van der Waals surface area contributed by atoms with Crippen molar-refractivity contribution < 1.29 is 0 Å². The Balaban J connectivity index is 2.38. The van der Waals surface area contributed by atoms with Crippen LogP contribution in [0.4, 0.5) is 0 Å². The Morgan fingerprint density at radius 2 is 2.07 bits per heavy atom. The third-order valence-electron chi connectivity index (χ3n) is 3.19. The summed E-state index contributed by atoms with van der Waals surface area (Å²) < 4.78 is 0. The van der Waals surface area contributed by atoms with Crippen molar-refractivity contribution in [2.24, 2.45) is 0 Å². The molecule has 0 saturated carbocycles. The van der Waals surface area contributed by atoms with Gasteiger partial charge in [0.25, 0.3) is 5.56 Å². The molecule has 82 valence electrons. The third-order valence-corrected chi connectivity index (χ3v) is 3.19. The number of hydrogen-bond acceptors (Lipinski definition) is 3. The van der Waals surface area contributed by atoms with Crippen LogP contribution in [-0.2, 0) is 5.41 Å². The fourth-order valence-corrected chi connectivity index (χ4v) is 2.12. The van der Waals surface area contributed by atoms with Gasteiger partial charge in [0.2, 0.25) is 0 Å². The maximum absolute atomic E-state index is 11.4.